The molecule has 2 aliphatic rings. The molecule has 5 heteroatoms. The quantitative estimate of drug-likeness (QED) is 0.174. The second kappa shape index (κ2) is 12.7. The molecule has 300 valence electrons. The Labute approximate surface area is 362 Å². The monoisotopic (exact) mass is 810 g/mol. The van der Waals surface area contributed by atoms with E-state index in [2.05, 4.69) is 183 Å². The van der Waals surface area contributed by atoms with E-state index in [0.717, 1.165) is 22.4 Å². The third kappa shape index (κ3) is 5.13. The van der Waals surface area contributed by atoms with E-state index in [9.17, 15) is 0 Å². The minimum atomic E-state index is -0.164. The van der Waals surface area contributed by atoms with Gasteiger partial charge in [-0.2, -0.15) is 0 Å². The van der Waals surface area contributed by atoms with Gasteiger partial charge in [0, 0.05) is 58.7 Å². The molecule has 0 spiro atoms. The minimum Gasteiger partial charge on any atom is -0.309 e. The van der Waals surface area contributed by atoms with Crippen LogP contribution < -0.4 is 0 Å². The maximum Gasteiger partial charge on any atom is 0.164 e. The van der Waals surface area contributed by atoms with Gasteiger partial charge in [0.25, 0.3) is 0 Å². The number of allylic oxidation sites excluding steroid dienone is 3. The maximum atomic E-state index is 5.26. The predicted molar refractivity (Wildman–Crippen MR) is 259 cm³/mol. The van der Waals surface area contributed by atoms with E-state index < -0.39 is 0 Å². The van der Waals surface area contributed by atoms with Crippen LogP contribution in [0.5, 0.6) is 0 Å². The van der Waals surface area contributed by atoms with Crippen LogP contribution in [0.15, 0.2) is 140 Å². The molecule has 0 radical (unpaired) electrons. The second-order valence-corrected chi connectivity index (χ2v) is 20.5. The van der Waals surface area contributed by atoms with Crippen LogP contribution in [0.25, 0.3) is 87.4 Å². The highest BCUT2D eigenvalue weighted by atomic mass is 32.1. The van der Waals surface area contributed by atoms with Crippen LogP contribution in [0.2, 0.25) is 0 Å². The molecule has 11 rings (SSSR count). The molecule has 3 aromatic heterocycles. The van der Waals surface area contributed by atoms with Crippen molar-refractivity contribution in [1.82, 2.24) is 19.5 Å². The molecule has 0 N–H and O–H groups in total. The third-order valence-electron chi connectivity index (χ3n) is 15.5. The summed E-state index contributed by atoms with van der Waals surface area (Å²) in [5.41, 5.74) is 14.3. The number of rotatable bonds is 5. The number of thiophene rings is 1. The zero-order valence-electron chi connectivity index (χ0n) is 36.5. The number of benzene rings is 6. The highest BCUT2D eigenvalue weighted by Crippen LogP contribution is 2.62. The zero-order chi connectivity index (χ0) is 42.4. The third-order valence-corrected chi connectivity index (χ3v) is 16.7. The van der Waals surface area contributed by atoms with Gasteiger partial charge in [-0.25, -0.2) is 15.0 Å². The summed E-state index contributed by atoms with van der Waals surface area (Å²) >= 11 is 1.81. The molecular weight excluding hydrogens is 761 g/mol. The SMILES string of the molecule is C=CC1=C(C)c2cc3c4cc5c(cc4n(-c4cccc(-c6nc(-c7ccccc7)nc(-c7ccc8c(c7)sc7ccccc78)n6)c4)c3cc2C1(C)C)C(C)(C)C(C)(C)C5(C)C. The molecule has 0 amide bonds. The molecule has 2 aliphatic carbocycles. The molecule has 0 bridgehead atoms. The predicted octanol–water partition coefficient (Wildman–Crippen LogP) is 15.2. The van der Waals surface area contributed by atoms with E-state index in [1.165, 1.54) is 75.4 Å². The Balaban J connectivity index is 1.15. The molecule has 0 saturated heterocycles. The van der Waals surface area contributed by atoms with Gasteiger partial charge in [-0.3, -0.25) is 0 Å². The molecule has 0 atom stereocenters. The van der Waals surface area contributed by atoms with Gasteiger partial charge in [-0.05, 0) is 105 Å². The topological polar surface area (TPSA) is 43.6 Å². The molecule has 0 fully saturated rings. The fourth-order valence-electron chi connectivity index (χ4n) is 10.9. The normalized spacial score (nSPS) is 17.1. The fourth-order valence-corrected chi connectivity index (χ4v) is 12.0. The van der Waals surface area contributed by atoms with Crippen LogP contribution in [-0.2, 0) is 16.2 Å². The lowest BCUT2D eigenvalue weighted by Gasteiger charge is -2.44. The summed E-state index contributed by atoms with van der Waals surface area (Å²) in [4.78, 5) is 15.6. The number of fused-ring (bicyclic) bond motifs is 8. The van der Waals surface area contributed by atoms with Gasteiger partial charge < -0.3 is 4.57 Å². The van der Waals surface area contributed by atoms with E-state index in [1.54, 1.807) is 0 Å². The van der Waals surface area contributed by atoms with Crippen molar-refractivity contribution in [3.63, 3.8) is 0 Å². The first-order valence-corrected chi connectivity index (χ1v) is 22.3. The lowest BCUT2D eigenvalue weighted by Crippen LogP contribution is -2.42. The van der Waals surface area contributed by atoms with Gasteiger partial charge in [0.05, 0.1) is 11.0 Å². The maximum absolute atomic E-state index is 5.26. The van der Waals surface area contributed by atoms with E-state index in [1.807, 2.05) is 29.5 Å². The van der Waals surface area contributed by atoms with E-state index >= 15 is 0 Å². The zero-order valence-corrected chi connectivity index (χ0v) is 37.3. The number of hydrogen-bond acceptors (Lipinski definition) is 4. The minimum absolute atomic E-state index is 0.0206. The van der Waals surface area contributed by atoms with Crippen molar-refractivity contribution in [3.8, 4) is 39.9 Å². The molecule has 6 aromatic carbocycles. The Morgan fingerprint density at radius 1 is 0.525 bits per heavy atom. The van der Waals surface area contributed by atoms with Gasteiger partial charge in [0.1, 0.15) is 0 Å². The van der Waals surface area contributed by atoms with Crippen molar-refractivity contribution < 1.29 is 0 Å². The van der Waals surface area contributed by atoms with Crippen LogP contribution >= 0.6 is 11.3 Å². The van der Waals surface area contributed by atoms with E-state index in [-0.39, 0.29) is 21.7 Å². The Bertz CT molecular complexity index is 3390. The Kier molecular flexibility index (Phi) is 7.86. The van der Waals surface area contributed by atoms with Crippen LogP contribution in [0.1, 0.15) is 84.6 Å². The summed E-state index contributed by atoms with van der Waals surface area (Å²) < 4.78 is 4.99. The van der Waals surface area contributed by atoms with Crippen LogP contribution in [0.3, 0.4) is 0 Å². The van der Waals surface area contributed by atoms with Crippen molar-refractivity contribution in [2.45, 2.75) is 78.6 Å². The molecule has 9 aromatic rings. The summed E-state index contributed by atoms with van der Waals surface area (Å²) in [5.74, 6) is 1.96. The van der Waals surface area contributed by atoms with Crippen molar-refractivity contribution in [3.05, 3.63) is 162 Å². The van der Waals surface area contributed by atoms with E-state index in [0.29, 0.717) is 17.5 Å². The largest absolute Gasteiger partial charge is 0.309 e. The number of aromatic nitrogens is 4. The van der Waals surface area contributed by atoms with Gasteiger partial charge in [-0.1, -0.05) is 141 Å². The van der Waals surface area contributed by atoms with Crippen molar-refractivity contribution in [1.29, 1.82) is 0 Å². The molecular formula is C56H50N4S. The van der Waals surface area contributed by atoms with Crippen LogP contribution in [-0.4, -0.2) is 19.5 Å². The van der Waals surface area contributed by atoms with Gasteiger partial charge >= 0.3 is 0 Å². The smallest absolute Gasteiger partial charge is 0.164 e. The second-order valence-electron chi connectivity index (χ2n) is 19.4. The van der Waals surface area contributed by atoms with Crippen molar-refractivity contribution in [2.75, 3.05) is 0 Å². The molecule has 61 heavy (non-hydrogen) atoms. The van der Waals surface area contributed by atoms with E-state index in [4.69, 9.17) is 15.0 Å². The number of hydrogen-bond donors (Lipinski definition) is 0. The lowest BCUT2D eigenvalue weighted by molar-refractivity contribution is 0.125. The Morgan fingerprint density at radius 2 is 1.10 bits per heavy atom. The highest BCUT2D eigenvalue weighted by molar-refractivity contribution is 7.25. The summed E-state index contributed by atoms with van der Waals surface area (Å²) in [6.07, 6.45) is 2.06. The average Bonchev–Trinajstić information content (AvgIpc) is 3.88. The first kappa shape index (κ1) is 37.8. The fraction of sp³-hybridized carbons (Fsp3) is 0.232. The molecule has 3 heterocycles. The molecule has 0 unspecified atom stereocenters. The average molecular weight is 811 g/mol. The first-order chi connectivity index (χ1) is 29.1. The summed E-state index contributed by atoms with van der Waals surface area (Å²) in [5, 5.41) is 5.08. The standard InChI is InChI=1S/C56H50N4S/c1-11-42-32(2)39-28-40-41-29-44-45(55(7,8)56(9,10)54(44,5)6)31-47(41)60(46(40)30-43(39)53(42,3)4)36-21-17-20-34(26-36)51-57-50(33-18-13-12-14-19-33)58-52(59-51)35-24-25-38-37-22-15-16-23-48(37)61-49(38)27-35/h11-31H,1H2,2-10H3. The van der Waals surface area contributed by atoms with Crippen LogP contribution in [0.4, 0.5) is 0 Å². The highest BCUT2D eigenvalue weighted by Gasteiger charge is 2.57. The van der Waals surface area contributed by atoms with Gasteiger partial charge in [-0.15, -0.1) is 11.3 Å². The Morgan fingerprint density at radius 3 is 1.80 bits per heavy atom. The molecule has 0 saturated carbocycles. The summed E-state index contributed by atoms with van der Waals surface area (Å²) in [6.45, 7) is 25.8. The first-order valence-electron chi connectivity index (χ1n) is 21.5. The summed E-state index contributed by atoms with van der Waals surface area (Å²) in [6, 6.07) is 44.2. The van der Waals surface area contributed by atoms with Crippen molar-refractivity contribution >= 4 is 58.9 Å². The summed E-state index contributed by atoms with van der Waals surface area (Å²) in [7, 11) is 0. The van der Waals surface area contributed by atoms with Gasteiger partial charge in [0.2, 0.25) is 0 Å². The Hall–Kier alpha value is -6.17. The van der Waals surface area contributed by atoms with Gasteiger partial charge in [0.15, 0.2) is 17.5 Å². The lowest BCUT2D eigenvalue weighted by atomic mass is 9.59. The van der Waals surface area contributed by atoms with Crippen molar-refractivity contribution in [2.24, 2.45) is 5.41 Å². The molecule has 0 aliphatic heterocycles. The van der Waals surface area contributed by atoms with Crippen LogP contribution in [0, 0.1) is 5.41 Å². The number of nitrogens with zero attached hydrogens (tertiary/aromatic N) is 4. The molecule has 4 nitrogen and oxygen atoms in total.